The molecule has 0 saturated carbocycles. The van der Waals surface area contributed by atoms with Crippen LogP contribution in [0.3, 0.4) is 0 Å². The lowest BCUT2D eigenvalue weighted by Crippen LogP contribution is -2.39. The van der Waals surface area contributed by atoms with Crippen molar-refractivity contribution < 1.29 is 14.6 Å². The highest BCUT2D eigenvalue weighted by atomic mass is 16.5. The van der Waals surface area contributed by atoms with Gasteiger partial charge < -0.3 is 20.5 Å². The van der Waals surface area contributed by atoms with Crippen molar-refractivity contribution in [2.24, 2.45) is 0 Å². The lowest BCUT2D eigenvalue weighted by Gasteiger charge is -2.26. The molecular weight excluding hydrogens is 322 g/mol. The Kier molecular flexibility index (Phi) is 5.76. The van der Waals surface area contributed by atoms with E-state index in [1.165, 1.54) is 0 Å². The first-order valence-electron chi connectivity index (χ1n) is 8.18. The third kappa shape index (κ3) is 5.13. The van der Waals surface area contributed by atoms with Gasteiger partial charge in [-0.25, -0.2) is 9.78 Å². The van der Waals surface area contributed by atoms with Crippen molar-refractivity contribution in [1.82, 2.24) is 14.9 Å². The third-order valence-electron chi connectivity index (χ3n) is 3.87. The third-order valence-corrected chi connectivity index (χ3v) is 3.87. The Hall–Kier alpha value is -2.71. The lowest BCUT2D eigenvalue weighted by molar-refractivity contribution is 0.0398. The number of hydrogen-bond donors (Lipinski definition) is 3. The Labute approximate surface area is 145 Å². The second-order valence-electron chi connectivity index (χ2n) is 5.65. The maximum absolute atomic E-state index is 10.9. The number of benzene rings is 1. The van der Waals surface area contributed by atoms with Crippen molar-refractivity contribution in [1.29, 1.82) is 0 Å². The van der Waals surface area contributed by atoms with Gasteiger partial charge in [0.15, 0.2) is 0 Å². The highest BCUT2D eigenvalue weighted by molar-refractivity contribution is 5.88. The van der Waals surface area contributed by atoms with E-state index in [1.54, 1.807) is 36.5 Å². The Morgan fingerprint density at radius 1 is 1.20 bits per heavy atom. The van der Waals surface area contributed by atoms with Crippen LogP contribution in [0.4, 0.5) is 17.5 Å². The molecule has 2 aromatic rings. The maximum Gasteiger partial charge on any atom is 0.335 e. The van der Waals surface area contributed by atoms with E-state index in [2.05, 4.69) is 25.5 Å². The summed E-state index contributed by atoms with van der Waals surface area (Å²) >= 11 is 0. The lowest BCUT2D eigenvalue weighted by atomic mass is 10.2. The highest BCUT2D eigenvalue weighted by Crippen LogP contribution is 2.16. The fraction of sp³-hybridized carbons (Fsp3) is 0.353. The minimum atomic E-state index is -0.944. The SMILES string of the molecule is O=C(O)c1ccc(Nc2ccnc(NCCN3CCOCC3)n2)cc1. The zero-order valence-electron chi connectivity index (χ0n) is 13.8. The molecule has 0 radical (unpaired) electrons. The van der Waals surface area contributed by atoms with Gasteiger partial charge in [0.1, 0.15) is 5.82 Å². The monoisotopic (exact) mass is 343 g/mol. The first-order valence-corrected chi connectivity index (χ1v) is 8.18. The normalized spacial score (nSPS) is 14.9. The molecule has 25 heavy (non-hydrogen) atoms. The van der Waals surface area contributed by atoms with Gasteiger partial charge in [0, 0.05) is 38.1 Å². The molecule has 132 valence electrons. The standard InChI is InChI=1S/C17H21N5O3/c23-16(24)13-1-3-14(4-2-13)20-15-5-6-18-17(21-15)19-7-8-22-9-11-25-12-10-22/h1-6H,7-12H2,(H,23,24)(H2,18,19,20,21). The molecular formula is C17H21N5O3. The molecule has 1 saturated heterocycles. The number of rotatable bonds is 7. The van der Waals surface area contributed by atoms with Crippen LogP contribution < -0.4 is 10.6 Å². The highest BCUT2D eigenvalue weighted by Gasteiger charge is 2.09. The summed E-state index contributed by atoms with van der Waals surface area (Å²) < 4.78 is 5.33. The zero-order valence-corrected chi connectivity index (χ0v) is 13.8. The molecule has 8 nitrogen and oxygen atoms in total. The van der Waals surface area contributed by atoms with E-state index in [1.807, 2.05) is 0 Å². The number of hydrogen-bond acceptors (Lipinski definition) is 7. The average Bonchev–Trinajstić information content (AvgIpc) is 2.63. The molecule has 2 heterocycles. The second-order valence-corrected chi connectivity index (χ2v) is 5.65. The van der Waals surface area contributed by atoms with Gasteiger partial charge in [0.25, 0.3) is 0 Å². The number of carbonyl (C=O) groups is 1. The summed E-state index contributed by atoms with van der Waals surface area (Å²) in [6, 6.07) is 8.27. The minimum Gasteiger partial charge on any atom is -0.478 e. The number of carboxylic acids is 1. The van der Waals surface area contributed by atoms with Crippen molar-refractivity contribution in [3.63, 3.8) is 0 Å². The van der Waals surface area contributed by atoms with Crippen LogP contribution in [0.25, 0.3) is 0 Å². The van der Waals surface area contributed by atoms with Crippen molar-refractivity contribution in [3.8, 4) is 0 Å². The van der Waals surface area contributed by atoms with Gasteiger partial charge in [-0.2, -0.15) is 4.98 Å². The van der Waals surface area contributed by atoms with Crippen molar-refractivity contribution >= 4 is 23.4 Å². The van der Waals surface area contributed by atoms with E-state index in [9.17, 15) is 4.79 Å². The number of aromatic nitrogens is 2. The fourth-order valence-electron chi connectivity index (χ4n) is 2.51. The number of anilines is 3. The predicted octanol–water partition coefficient (Wildman–Crippen LogP) is 1.66. The van der Waals surface area contributed by atoms with Gasteiger partial charge in [-0.3, -0.25) is 4.90 Å². The van der Waals surface area contributed by atoms with E-state index in [0.29, 0.717) is 11.8 Å². The molecule has 8 heteroatoms. The van der Waals surface area contributed by atoms with Gasteiger partial charge >= 0.3 is 5.97 Å². The van der Waals surface area contributed by atoms with Gasteiger partial charge in [0.05, 0.1) is 18.8 Å². The molecule has 3 N–H and O–H groups in total. The summed E-state index contributed by atoms with van der Waals surface area (Å²) in [6.45, 7) is 5.16. The summed E-state index contributed by atoms with van der Waals surface area (Å²) in [7, 11) is 0. The molecule has 1 aromatic heterocycles. The van der Waals surface area contributed by atoms with E-state index in [4.69, 9.17) is 9.84 Å². The molecule has 0 spiro atoms. The predicted molar refractivity (Wildman–Crippen MR) is 94.5 cm³/mol. The number of carboxylic acid groups (broad SMARTS) is 1. The van der Waals surface area contributed by atoms with Crippen LogP contribution in [0, 0.1) is 0 Å². The Bertz CT molecular complexity index is 702. The van der Waals surface area contributed by atoms with E-state index in [-0.39, 0.29) is 5.56 Å². The summed E-state index contributed by atoms with van der Waals surface area (Å²) in [5, 5.41) is 15.3. The largest absolute Gasteiger partial charge is 0.478 e. The molecule has 0 atom stereocenters. The average molecular weight is 343 g/mol. The zero-order chi connectivity index (χ0) is 17.5. The van der Waals surface area contributed by atoms with E-state index < -0.39 is 5.97 Å². The van der Waals surface area contributed by atoms with E-state index in [0.717, 1.165) is 45.1 Å². The number of aromatic carboxylic acids is 1. The fourth-order valence-corrected chi connectivity index (χ4v) is 2.51. The summed E-state index contributed by atoms with van der Waals surface area (Å²) in [6.07, 6.45) is 1.68. The molecule has 1 aliphatic heterocycles. The van der Waals surface area contributed by atoms with Crippen LogP contribution >= 0.6 is 0 Å². The summed E-state index contributed by atoms with van der Waals surface area (Å²) in [5.74, 6) is 0.257. The first kappa shape index (κ1) is 17.1. The molecule has 0 amide bonds. The van der Waals surface area contributed by atoms with Gasteiger partial charge in [-0.05, 0) is 30.3 Å². The molecule has 0 bridgehead atoms. The molecule has 3 rings (SSSR count). The molecule has 0 unspecified atom stereocenters. The van der Waals surface area contributed by atoms with Crippen molar-refractivity contribution in [2.45, 2.75) is 0 Å². The number of nitrogens with zero attached hydrogens (tertiary/aromatic N) is 3. The van der Waals surface area contributed by atoms with Crippen LogP contribution in [0.15, 0.2) is 36.5 Å². The Balaban J connectivity index is 1.52. The van der Waals surface area contributed by atoms with Gasteiger partial charge in [-0.15, -0.1) is 0 Å². The molecule has 1 aromatic carbocycles. The molecule has 0 aliphatic carbocycles. The topological polar surface area (TPSA) is 99.6 Å². The van der Waals surface area contributed by atoms with Gasteiger partial charge in [0.2, 0.25) is 5.95 Å². The Morgan fingerprint density at radius 3 is 2.68 bits per heavy atom. The second kappa shape index (κ2) is 8.41. The van der Waals surface area contributed by atoms with Crippen LogP contribution in [-0.4, -0.2) is 65.3 Å². The van der Waals surface area contributed by atoms with Crippen molar-refractivity contribution in [3.05, 3.63) is 42.1 Å². The number of morpholine rings is 1. The van der Waals surface area contributed by atoms with Gasteiger partial charge in [-0.1, -0.05) is 0 Å². The quantitative estimate of drug-likeness (QED) is 0.698. The van der Waals surface area contributed by atoms with Crippen LogP contribution in [0.5, 0.6) is 0 Å². The van der Waals surface area contributed by atoms with Crippen LogP contribution in [-0.2, 0) is 4.74 Å². The first-order chi connectivity index (χ1) is 12.2. The summed E-state index contributed by atoms with van der Waals surface area (Å²) in [5.41, 5.74) is 1.02. The molecule has 1 fully saturated rings. The van der Waals surface area contributed by atoms with Crippen LogP contribution in [0.1, 0.15) is 10.4 Å². The molecule has 1 aliphatic rings. The maximum atomic E-state index is 10.9. The Morgan fingerprint density at radius 2 is 1.96 bits per heavy atom. The smallest absolute Gasteiger partial charge is 0.335 e. The number of nitrogens with one attached hydrogen (secondary N) is 2. The summed E-state index contributed by atoms with van der Waals surface area (Å²) in [4.78, 5) is 21.8. The van der Waals surface area contributed by atoms with E-state index >= 15 is 0 Å². The van der Waals surface area contributed by atoms with Crippen LogP contribution in [0.2, 0.25) is 0 Å². The number of ether oxygens (including phenoxy) is 1. The van der Waals surface area contributed by atoms with Crippen molar-refractivity contribution in [2.75, 3.05) is 50.0 Å². The minimum absolute atomic E-state index is 0.249.